The van der Waals surface area contributed by atoms with E-state index in [0.717, 1.165) is 17.7 Å². The molecule has 1 aliphatic heterocycles. The maximum atomic E-state index is 13.1. The van der Waals surface area contributed by atoms with Crippen molar-refractivity contribution in [3.63, 3.8) is 0 Å². The number of alkyl halides is 2. The van der Waals surface area contributed by atoms with Gasteiger partial charge in [0.1, 0.15) is 17.4 Å². The lowest BCUT2D eigenvalue weighted by molar-refractivity contribution is 0.0891. The van der Waals surface area contributed by atoms with Gasteiger partial charge in [0, 0.05) is 12.8 Å². The lowest BCUT2D eigenvalue weighted by Gasteiger charge is -2.11. The highest BCUT2D eigenvalue weighted by molar-refractivity contribution is 5.46. The Morgan fingerprint density at radius 2 is 2.12 bits per heavy atom. The summed E-state index contributed by atoms with van der Waals surface area (Å²) in [4.78, 5) is 0. The van der Waals surface area contributed by atoms with E-state index in [0.29, 0.717) is 5.56 Å². The lowest BCUT2D eigenvalue weighted by atomic mass is 10.0. The summed E-state index contributed by atoms with van der Waals surface area (Å²) in [5, 5.41) is 0. The van der Waals surface area contributed by atoms with E-state index in [2.05, 4.69) is 0 Å². The molecule has 1 fully saturated rings. The van der Waals surface area contributed by atoms with Gasteiger partial charge in [-0.25, -0.2) is 8.78 Å². The SMILES string of the molecule is CC1Cc2cc(C3(N)CC3(F)F)ccc2O1. The third kappa shape index (κ3) is 1.19. The molecule has 16 heavy (non-hydrogen) atoms. The number of hydrogen-bond donors (Lipinski definition) is 1. The van der Waals surface area contributed by atoms with Gasteiger partial charge in [-0.1, -0.05) is 6.07 Å². The van der Waals surface area contributed by atoms with Gasteiger partial charge in [0.15, 0.2) is 0 Å². The Labute approximate surface area is 92.4 Å². The average molecular weight is 225 g/mol. The molecule has 0 amide bonds. The van der Waals surface area contributed by atoms with E-state index in [1.54, 1.807) is 18.2 Å². The fourth-order valence-electron chi connectivity index (χ4n) is 2.32. The normalized spacial score (nSPS) is 34.4. The molecule has 1 aromatic rings. The van der Waals surface area contributed by atoms with E-state index in [-0.39, 0.29) is 12.5 Å². The Morgan fingerprint density at radius 1 is 1.44 bits per heavy atom. The first kappa shape index (κ1) is 10.0. The second-order valence-electron chi connectivity index (χ2n) is 4.81. The second kappa shape index (κ2) is 2.74. The van der Waals surface area contributed by atoms with E-state index >= 15 is 0 Å². The Kier molecular flexibility index (Phi) is 1.72. The molecular weight excluding hydrogens is 212 g/mol. The summed E-state index contributed by atoms with van der Waals surface area (Å²) in [5.74, 6) is -1.96. The van der Waals surface area contributed by atoms with Crippen LogP contribution in [0.1, 0.15) is 24.5 Å². The van der Waals surface area contributed by atoms with E-state index in [1.807, 2.05) is 6.92 Å². The number of hydrogen-bond acceptors (Lipinski definition) is 2. The highest BCUT2D eigenvalue weighted by Gasteiger charge is 2.69. The summed E-state index contributed by atoms with van der Waals surface area (Å²) < 4.78 is 31.8. The summed E-state index contributed by atoms with van der Waals surface area (Å²) in [5.41, 5.74) is 5.74. The van der Waals surface area contributed by atoms with Crippen LogP contribution in [0.2, 0.25) is 0 Å². The van der Waals surface area contributed by atoms with Gasteiger partial charge in [-0.05, 0) is 30.2 Å². The number of ether oxygens (including phenoxy) is 1. The predicted octanol–water partition coefficient (Wildman–Crippen LogP) is 2.20. The van der Waals surface area contributed by atoms with Crippen LogP contribution in [0.5, 0.6) is 5.75 Å². The molecule has 0 saturated heterocycles. The lowest BCUT2D eigenvalue weighted by Crippen LogP contribution is -2.27. The van der Waals surface area contributed by atoms with Crippen molar-refractivity contribution in [1.29, 1.82) is 0 Å². The van der Waals surface area contributed by atoms with E-state index in [1.165, 1.54) is 0 Å². The van der Waals surface area contributed by atoms with Crippen LogP contribution in [0.4, 0.5) is 8.78 Å². The summed E-state index contributed by atoms with van der Waals surface area (Å²) >= 11 is 0. The zero-order valence-corrected chi connectivity index (χ0v) is 8.97. The van der Waals surface area contributed by atoms with Crippen molar-refractivity contribution in [1.82, 2.24) is 0 Å². The van der Waals surface area contributed by atoms with Crippen LogP contribution in [0.15, 0.2) is 18.2 Å². The summed E-state index contributed by atoms with van der Waals surface area (Å²) in [6.07, 6.45) is 0.638. The Hall–Kier alpha value is -1.16. The van der Waals surface area contributed by atoms with Crippen LogP contribution in [-0.4, -0.2) is 12.0 Å². The molecule has 0 aromatic heterocycles. The van der Waals surface area contributed by atoms with Crippen molar-refractivity contribution in [2.45, 2.75) is 37.3 Å². The van der Waals surface area contributed by atoms with Gasteiger partial charge in [0.05, 0.1) is 0 Å². The Morgan fingerprint density at radius 3 is 2.75 bits per heavy atom. The minimum atomic E-state index is -2.76. The first-order chi connectivity index (χ1) is 7.42. The molecule has 1 aromatic carbocycles. The highest BCUT2D eigenvalue weighted by Crippen LogP contribution is 2.57. The quantitative estimate of drug-likeness (QED) is 0.795. The molecule has 1 heterocycles. The average Bonchev–Trinajstić information content (AvgIpc) is 2.55. The van der Waals surface area contributed by atoms with Crippen LogP contribution in [0.25, 0.3) is 0 Å². The molecule has 2 atom stereocenters. The van der Waals surface area contributed by atoms with Gasteiger partial charge >= 0.3 is 0 Å². The van der Waals surface area contributed by atoms with Crippen LogP contribution in [0.3, 0.4) is 0 Å². The van der Waals surface area contributed by atoms with Crippen molar-refractivity contribution in [2.24, 2.45) is 5.73 Å². The number of rotatable bonds is 1. The fourth-order valence-corrected chi connectivity index (χ4v) is 2.32. The van der Waals surface area contributed by atoms with E-state index < -0.39 is 11.5 Å². The fraction of sp³-hybridized carbons (Fsp3) is 0.500. The minimum Gasteiger partial charge on any atom is -0.490 e. The van der Waals surface area contributed by atoms with Crippen molar-refractivity contribution < 1.29 is 13.5 Å². The first-order valence-electron chi connectivity index (χ1n) is 5.39. The topological polar surface area (TPSA) is 35.2 Å². The molecule has 2 aliphatic rings. The number of fused-ring (bicyclic) bond motifs is 1. The summed E-state index contributed by atoms with van der Waals surface area (Å²) in [6.45, 7) is 1.96. The van der Waals surface area contributed by atoms with Crippen molar-refractivity contribution in [2.75, 3.05) is 0 Å². The van der Waals surface area contributed by atoms with Gasteiger partial charge in [0.2, 0.25) is 0 Å². The largest absolute Gasteiger partial charge is 0.490 e. The van der Waals surface area contributed by atoms with Crippen LogP contribution >= 0.6 is 0 Å². The highest BCUT2D eigenvalue weighted by atomic mass is 19.3. The van der Waals surface area contributed by atoms with Gasteiger partial charge in [0.25, 0.3) is 5.92 Å². The number of halogens is 2. The van der Waals surface area contributed by atoms with Gasteiger partial charge in [-0.2, -0.15) is 0 Å². The Balaban J connectivity index is 1.98. The molecule has 2 N–H and O–H groups in total. The Bertz CT molecular complexity index is 460. The van der Waals surface area contributed by atoms with E-state index in [4.69, 9.17) is 10.5 Å². The maximum Gasteiger partial charge on any atom is 0.272 e. The van der Waals surface area contributed by atoms with Crippen molar-refractivity contribution in [3.8, 4) is 5.75 Å². The monoisotopic (exact) mass is 225 g/mol. The molecule has 86 valence electrons. The van der Waals surface area contributed by atoms with Crippen molar-refractivity contribution in [3.05, 3.63) is 29.3 Å². The van der Waals surface area contributed by atoms with Gasteiger partial charge in [-0.15, -0.1) is 0 Å². The maximum absolute atomic E-state index is 13.1. The molecular formula is C12H13F2NO. The number of benzene rings is 1. The van der Waals surface area contributed by atoms with E-state index in [9.17, 15) is 8.78 Å². The third-order valence-electron chi connectivity index (χ3n) is 3.44. The summed E-state index contributed by atoms with van der Waals surface area (Å²) in [6, 6.07) is 5.16. The van der Waals surface area contributed by atoms with Crippen LogP contribution < -0.4 is 10.5 Å². The standard InChI is InChI=1S/C12H13F2NO/c1-7-4-8-5-9(2-3-10(8)16-7)11(15)6-12(11,13)14/h2-3,5,7H,4,6,15H2,1H3. The smallest absolute Gasteiger partial charge is 0.272 e. The zero-order chi connectivity index (χ0) is 11.6. The molecule has 2 unspecified atom stereocenters. The predicted molar refractivity (Wildman–Crippen MR) is 55.7 cm³/mol. The molecule has 0 bridgehead atoms. The minimum absolute atomic E-state index is 0.124. The number of nitrogens with two attached hydrogens (primary N) is 1. The molecule has 4 heteroatoms. The van der Waals surface area contributed by atoms with Crippen LogP contribution in [-0.2, 0) is 12.0 Å². The van der Waals surface area contributed by atoms with Crippen LogP contribution in [0, 0.1) is 0 Å². The molecule has 0 spiro atoms. The van der Waals surface area contributed by atoms with Gasteiger partial charge in [-0.3, -0.25) is 0 Å². The second-order valence-corrected chi connectivity index (χ2v) is 4.81. The first-order valence-corrected chi connectivity index (χ1v) is 5.39. The molecule has 1 saturated carbocycles. The third-order valence-corrected chi connectivity index (χ3v) is 3.44. The molecule has 3 rings (SSSR count). The summed E-state index contributed by atoms with van der Waals surface area (Å²) in [7, 11) is 0. The molecule has 0 radical (unpaired) electrons. The van der Waals surface area contributed by atoms with Crippen molar-refractivity contribution >= 4 is 0 Å². The zero-order valence-electron chi connectivity index (χ0n) is 8.97. The molecule has 1 aliphatic carbocycles. The van der Waals surface area contributed by atoms with Gasteiger partial charge < -0.3 is 10.5 Å². The molecule has 2 nitrogen and oxygen atoms in total.